The predicted molar refractivity (Wildman–Crippen MR) is 102 cm³/mol. The molecule has 1 amide bonds. The first-order valence-electron chi connectivity index (χ1n) is 8.66. The topological polar surface area (TPSA) is 76.6 Å². The fraction of sp³-hybridized carbons (Fsp3) is 0.500. The van der Waals surface area contributed by atoms with Gasteiger partial charge in [-0.05, 0) is 38.6 Å². The van der Waals surface area contributed by atoms with E-state index in [-0.39, 0.29) is 5.91 Å². The number of rotatable bonds is 6. The summed E-state index contributed by atoms with van der Waals surface area (Å²) in [7, 11) is 5.29. The molecule has 1 aromatic heterocycles. The average molecular weight is 376 g/mol. The van der Waals surface area contributed by atoms with Crippen LogP contribution >= 0.6 is 11.3 Å². The van der Waals surface area contributed by atoms with Gasteiger partial charge in [-0.25, -0.2) is 0 Å². The molecule has 1 aliphatic rings. The Hall–Kier alpha value is -2.19. The summed E-state index contributed by atoms with van der Waals surface area (Å²) >= 11 is 1.34. The molecule has 7 nitrogen and oxygen atoms in total. The molecule has 1 fully saturated rings. The fourth-order valence-electron chi connectivity index (χ4n) is 3.11. The number of benzene rings is 1. The van der Waals surface area contributed by atoms with E-state index in [0.717, 1.165) is 18.5 Å². The van der Waals surface area contributed by atoms with Crippen LogP contribution in [0.1, 0.15) is 25.7 Å². The van der Waals surface area contributed by atoms with Gasteiger partial charge >= 0.3 is 0 Å². The lowest BCUT2D eigenvalue weighted by Gasteiger charge is -2.31. The number of likely N-dealkylation sites (tertiary alicyclic amines) is 1. The number of ether oxygens (including phenoxy) is 2. The molecule has 1 atom stereocenters. The maximum absolute atomic E-state index is 12.3. The van der Waals surface area contributed by atoms with Gasteiger partial charge in [-0.1, -0.05) is 17.8 Å². The van der Waals surface area contributed by atoms with Crippen molar-refractivity contribution in [3.05, 3.63) is 18.2 Å². The fourth-order valence-corrected chi connectivity index (χ4v) is 3.85. The van der Waals surface area contributed by atoms with Gasteiger partial charge in [0.2, 0.25) is 11.0 Å². The van der Waals surface area contributed by atoms with Crippen LogP contribution in [0.5, 0.6) is 11.5 Å². The van der Waals surface area contributed by atoms with Crippen LogP contribution in [-0.4, -0.2) is 54.9 Å². The average Bonchev–Trinajstić information content (AvgIpc) is 3.11. The number of carbonyl (C=O) groups excluding carboxylic acids is 1. The Morgan fingerprint density at radius 1 is 1.23 bits per heavy atom. The molecule has 26 heavy (non-hydrogen) atoms. The second-order valence-electron chi connectivity index (χ2n) is 6.40. The molecule has 1 aliphatic heterocycles. The Balaban J connectivity index is 1.67. The van der Waals surface area contributed by atoms with Crippen LogP contribution in [0.25, 0.3) is 10.6 Å². The molecule has 3 rings (SSSR count). The number of hydrogen-bond donors (Lipinski definition) is 1. The second-order valence-corrected chi connectivity index (χ2v) is 7.37. The Morgan fingerprint density at radius 3 is 2.62 bits per heavy atom. The largest absolute Gasteiger partial charge is 0.497 e. The van der Waals surface area contributed by atoms with Crippen molar-refractivity contribution in [1.82, 2.24) is 15.1 Å². The van der Waals surface area contributed by atoms with Gasteiger partial charge in [0.25, 0.3) is 0 Å². The Kier molecular flexibility index (Phi) is 6.05. The lowest BCUT2D eigenvalue weighted by molar-refractivity contribution is -0.117. The molecule has 0 saturated carbocycles. The summed E-state index contributed by atoms with van der Waals surface area (Å²) in [5.74, 6) is 1.34. The van der Waals surface area contributed by atoms with E-state index >= 15 is 0 Å². The molecule has 0 bridgehead atoms. The number of anilines is 1. The number of piperidine rings is 1. The SMILES string of the molecule is COc1cc(OC)cc(-c2nnc(NC(=O)C[C@@H]3CCCCN3C)s2)c1. The summed E-state index contributed by atoms with van der Waals surface area (Å²) in [5, 5.41) is 12.4. The highest BCUT2D eigenvalue weighted by atomic mass is 32.1. The number of hydrogen-bond acceptors (Lipinski definition) is 7. The van der Waals surface area contributed by atoms with Crippen molar-refractivity contribution < 1.29 is 14.3 Å². The van der Waals surface area contributed by atoms with Crippen molar-refractivity contribution in [2.75, 3.05) is 33.1 Å². The number of nitrogens with one attached hydrogen (secondary N) is 1. The first-order chi connectivity index (χ1) is 12.6. The number of methoxy groups -OCH3 is 2. The van der Waals surface area contributed by atoms with E-state index < -0.39 is 0 Å². The quantitative estimate of drug-likeness (QED) is 0.835. The number of amides is 1. The molecule has 2 aromatic rings. The molecule has 1 N–H and O–H groups in total. The van der Waals surface area contributed by atoms with Crippen molar-refractivity contribution in [3.63, 3.8) is 0 Å². The Morgan fingerprint density at radius 2 is 1.96 bits per heavy atom. The first-order valence-corrected chi connectivity index (χ1v) is 9.47. The highest BCUT2D eigenvalue weighted by molar-refractivity contribution is 7.18. The maximum atomic E-state index is 12.3. The summed E-state index contributed by atoms with van der Waals surface area (Å²) in [5.41, 5.74) is 0.839. The van der Waals surface area contributed by atoms with E-state index in [0.29, 0.717) is 34.1 Å². The third-order valence-electron chi connectivity index (χ3n) is 4.61. The van der Waals surface area contributed by atoms with E-state index in [2.05, 4.69) is 27.5 Å². The molecule has 140 valence electrons. The summed E-state index contributed by atoms with van der Waals surface area (Å²) in [6, 6.07) is 5.84. The molecule has 0 unspecified atom stereocenters. The first kappa shape index (κ1) is 18.6. The Labute approximate surface area is 157 Å². The molecule has 8 heteroatoms. The van der Waals surface area contributed by atoms with E-state index in [1.54, 1.807) is 20.3 Å². The summed E-state index contributed by atoms with van der Waals surface area (Å²) in [6.07, 6.45) is 3.94. The molecule has 1 aromatic carbocycles. The van der Waals surface area contributed by atoms with E-state index in [9.17, 15) is 4.79 Å². The molecule has 0 spiro atoms. The van der Waals surface area contributed by atoms with Crippen molar-refractivity contribution in [2.45, 2.75) is 31.7 Å². The van der Waals surface area contributed by atoms with Crippen LogP contribution in [0.3, 0.4) is 0 Å². The van der Waals surface area contributed by atoms with Crippen LogP contribution in [0.4, 0.5) is 5.13 Å². The zero-order valence-electron chi connectivity index (χ0n) is 15.3. The molecular formula is C18H24N4O3S. The second kappa shape index (κ2) is 8.46. The zero-order chi connectivity index (χ0) is 18.5. The van der Waals surface area contributed by atoms with Gasteiger partial charge in [-0.3, -0.25) is 4.79 Å². The number of carbonyl (C=O) groups is 1. The lowest BCUT2D eigenvalue weighted by Crippen LogP contribution is -2.38. The third-order valence-corrected chi connectivity index (χ3v) is 5.50. The van der Waals surface area contributed by atoms with Crippen LogP contribution < -0.4 is 14.8 Å². The van der Waals surface area contributed by atoms with Gasteiger partial charge in [-0.15, -0.1) is 10.2 Å². The maximum Gasteiger partial charge on any atom is 0.227 e. The third kappa shape index (κ3) is 4.50. The minimum atomic E-state index is -0.0188. The van der Waals surface area contributed by atoms with E-state index in [1.165, 1.54) is 24.2 Å². The van der Waals surface area contributed by atoms with Crippen molar-refractivity contribution in [1.29, 1.82) is 0 Å². The standard InChI is InChI=1S/C18H24N4O3S/c1-22-7-5-4-6-13(22)10-16(23)19-18-21-20-17(26-18)12-8-14(24-2)11-15(9-12)25-3/h8-9,11,13H,4-7,10H2,1-3H3,(H,19,21,23)/t13-/m0/s1. The highest BCUT2D eigenvalue weighted by Gasteiger charge is 2.22. The summed E-state index contributed by atoms with van der Waals surface area (Å²) < 4.78 is 10.6. The minimum Gasteiger partial charge on any atom is -0.497 e. The monoisotopic (exact) mass is 376 g/mol. The van der Waals surface area contributed by atoms with Gasteiger partial charge in [0, 0.05) is 24.1 Å². The molecular weight excluding hydrogens is 352 g/mol. The van der Waals surface area contributed by atoms with Crippen molar-refractivity contribution in [3.8, 4) is 22.1 Å². The summed E-state index contributed by atoms with van der Waals surface area (Å²) in [6.45, 7) is 1.05. The van der Waals surface area contributed by atoms with Gasteiger partial charge in [0.1, 0.15) is 16.5 Å². The zero-order valence-corrected chi connectivity index (χ0v) is 16.1. The molecule has 0 aliphatic carbocycles. The van der Waals surface area contributed by atoms with Gasteiger partial charge < -0.3 is 19.7 Å². The van der Waals surface area contributed by atoms with E-state index in [4.69, 9.17) is 9.47 Å². The smallest absolute Gasteiger partial charge is 0.227 e. The highest BCUT2D eigenvalue weighted by Crippen LogP contribution is 2.32. The van der Waals surface area contributed by atoms with Crippen molar-refractivity contribution >= 4 is 22.4 Å². The Bertz CT molecular complexity index is 742. The van der Waals surface area contributed by atoms with E-state index in [1.807, 2.05) is 12.1 Å². The molecule has 2 heterocycles. The predicted octanol–water partition coefficient (Wildman–Crippen LogP) is 3.04. The van der Waals surface area contributed by atoms with Gasteiger partial charge in [0.15, 0.2) is 0 Å². The lowest BCUT2D eigenvalue weighted by atomic mass is 10.00. The summed E-state index contributed by atoms with van der Waals surface area (Å²) in [4.78, 5) is 14.6. The minimum absolute atomic E-state index is 0.0188. The van der Waals surface area contributed by atoms with Crippen LogP contribution in [0.15, 0.2) is 18.2 Å². The van der Waals surface area contributed by atoms with Gasteiger partial charge in [-0.2, -0.15) is 0 Å². The normalized spacial score (nSPS) is 17.7. The number of nitrogens with zero attached hydrogens (tertiary/aromatic N) is 3. The van der Waals surface area contributed by atoms with Crippen molar-refractivity contribution in [2.24, 2.45) is 0 Å². The van der Waals surface area contributed by atoms with Crippen LogP contribution in [-0.2, 0) is 4.79 Å². The van der Waals surface area contributed by atoms with Crippen LogP contribution in [0, 0.1) is 0 Å². The molecule has 1 saturated heterocycles. The number of aromatic nitrogens is 2. The van der Waals surface area contributed by atoms with Crippen LogP contribution in [0.2, 0.25) is 0 Å². The molecule has 0 radical (unpaired) electrons. The van der Waals surface area contributed by atoms with Gasteiger partial charge in [0.05, 0.1) is 14.2 Å².